The van der Waals surface area contributed by atoms with E-state index in [1.165, 1.54) is 31.4 Å². The van der Waals surface area contributed by atoms with Crippen molar-refractivity contribution >= 4 is 15.9 Å². The molecule has 0 saturated carbocycles. The SMILES string of the molecule is COc1ccc(C)cc1S(=O)(=O)NNC(=O)c1ccccc1O. The minimum absolute atomic E-state index is 0.0496. The quantitative estimate of drug-likeness (QED) is 0.715. The monoisotopic (exact) mass is 336 g/mol. The van der Waals surface area contributed by atoms with Crippen LogP contribution in [-0.2, 0) is 10.0 Å². The topological polar surface area (TPSA) is 105 Å². The standard InChI is InChI=1S/C15H16N2O5S/c1-10-7-8-13(22-2)14(9-10)23(20,21)17-16-15(19)11-5-3-4-6-12(11)18/h3-9,17-18H,1-2H3,(H,16,19). The number of nitrogens with one attached hydrogen (secondary N) is 2. The number of phenolic OH excluding ortho intramolecular Hbond substituents is 1. The van der Waals surface area contributed by atoms with Gasteiger partial charge in [-0.05, 0) is 36.8 Å². The Kier molecular flexibility index (Phi) is 4.87. The van der Waals surface area contributed by atoms with Gasteiger partial charge in [0, 0.05) is 0 Å². The molecule has 0 heterocycles. The van der Waals surface area contributed by atoms with Gasteiger partial charge in [-0.3, -0.25) is 10.2 Å². The summed E-state index contributed by atoms with van der Waals surface area (Å²) in [4.78, 5) is 13.8. The van der Waals surface area contributed by atoms with Crippen molar-refractivity contribution < 1.29 is 23.1 Å². The van der Waals surface area contributed by atoms with E-state index in [-0.39, 0.29) is 22.0 Å². The van der Waals surface area contributed by atoms with E-state index in [0.29, 0.717) is 0 Å². The fraction of sp³-hybridized carbons (Fsp3) is 0.133. The predicted molar refractivity (Wildman–Crippen MR) is 83.6 cm³/mol. The van der Waals surface area contributed by atoms with Gasteiger partial charge in [0.1, 0.15) is 16.4 Å². The lowest BCUT2D eigenvalue weighted by Crippen LogP contribution is -2.41. The Labute approximate surface area is 133 Å². The van der Waals surface area contributed by atoms with Crippen molar-refractivity contribution in [1.82, 2.24) is 10.3 Å². The van der Waals surface area contributed by atoms with Crippen molar-refractivity contribution in [2.24, 2.45) is 0 Å². The van der Waals surface area contributed by atoms with Crippen LogP contribution in [0.25, 0.3) is 0 Å². The Morgan fingerprint density at radius 2 is 1.87 bits per heavy atom. The zero-order valence-corrected chi connectivity index (χ0v) is 13.3. The van der Waals surface area contributed by atoms with Crippen LogP contribution in [0.3, 0.4) is 0 Å². The van der Waals surface area contributed by atoms with Crippen molar-refractivity contribution in [3.63, 3.8) is 0 Å². The molecule has 23 heavy (non-hydrogen) atoms. The minimum Gasteiger partial charge on any atom is -0.507 e. The number of para-hydroxylation sites is 1. The van der Waals surface area contributed by atoms with Gasteiger partial charge in [-0.2, -0.15) is 0 Å². The molecule has 3 N–H and O–H groups in total. The highest BCUT2D eigenvalue weighted by atomic mass is 32.2. The van der Waals surface area contributed by atoms with Crippen molar-refractivity contribution in [3.05, 3.63) is 53.6 Å². The fourth-order valence-corrected chi connectivity index (χ4v) is 2.99. The molecule has 1 amide bonds. The Morgan fingerprint density at radius 3 is 2.52 bits per heavy atom. The average molecular weight is 336 g/mol. The summed E-state index contributed by atoms with van der Waals surface area (Å²) >= 11 is 0. The van der Waals surface area contributed by atoms with Gasteiger partial charge in [-0.25, -0.2) is 8.42 Å². The van der Waals surface area contributed by atoms with Crippen LogP contribution in [0.1, 0.15) is 15.9 Å². The Hall–Kier alpha value is -2.58. The van der Waals surface area contributed by atoms with Crippen molar-refractivity contribution in [1.29, 1.82) is 0 Å². The van der Waals surface area contributed by atoms with Gasteiger partial charge in [0.05, 0.1) is 12.7 Å². The van der Waals surface area contributed by atoms with Gasteiger partial charge < -0.3 is 9.84 Å². The number of hydrazine groups is 1. The molecule has 0 atom stereocenters. The minimum atomic E-state index is -4.03. The van der Waals surface area contributed by atoms with Crippen LogP contribution in [0, 0.1) is 6.92 Å². The fourth-order valence-electron chi connectivity index (χ4n) is 1.90. The lowest BCUT2D eigenvalue weighted by molar-refractivity contribution is 0.0942. The normalized spacial score (nSPS) is 11.0. The molecule has 0 aliphatic heterocycles. The molecule has 0 bridgehead atoms. The first-order valence-electron chi connectivity index (χ1n) is 6.60. The largest absolute Gasteiger partial charge is 0.507 e. The summed E-state index contributed by atoms with van der Waals surface area (Å²) in [5.74, 6) is -0.879. The zero-order valence-electron chi connectivity index (χ0n) is 12.5. The van der Waals surface area contributed by atoms with E-state index < -0.39 is 15.9 Å². The number of benzene rings is 2. The number of hydrogen-bond acceptors (Lipinski definition) is 5. The van der Waals surface area contributed by atoms with E-state index >= 15 is 0 Å². The third-order valence-corrected chi connectivity index (χ3v) is 4.33. The highest BCUT2D eigenvalue weighted by Crippen LogP contribution is 2.24. The zero-order chi connectivity index (χ0) is 17.0. The second kappa shape index (κ2) is 6.67. The molecule has 7 nitrogen and oxygen atoms in total. The molecule has 0 aliphatic rings. The van der Waals surface area contributed by atoms with E-state index in [1.54, 1.807) is 25.1 Å². The van der Waals surface area contributed by atoms with Crippen LogP contribution < -0.4 is 15.0 Å². The molecular weight excluding hydrogens is 320 g/mol. The van der Waals surface area contributed by atoms with Crippen LogP contribution in [0.4, 0.5) is 0 Å². The number of aryl methyl sites for hydroxylation is 1. The Morgan fingerprint density at radius 1 is 1.17 bits per heavy atom. The lowest BCUT2D eigenvalue weighted by Gasteiger charge is -2.12. The number of rotatable bonds is 5. The molecule has 0 unspecified atom stereocenters. The lowest BCUT2D eigenvalue weighted by atomic mass is 10.2. The first kappa shape index (κ1) is 16.8. The van der Waals surface area contributed by atoms with E-state index in [1.807, 2.05) is 4.83 Å². The van der Waals surface area contributed by atoms with Crippen LogP contribution in [-0.4, -0.2) is 26.5 Å². The summed E-state index contributed by atoms with van der Waals surface area (Å²) in [6.07, 6.45) is 0. The van der Waals surface area contributed by atoms with E-state index in [0.717, 1.165) is 5.56 Å². The maximum absolute atomic E-state index is 12.3. The molecule has 8 heteroatoms. The molecule has 0 spiro atoms. The van der Waals surface area contributed by atoms with Crippen molar-refractivity contribution in [2.75, 3.05) is 7.11 Å². The van der Waals surface area contributed by atoms with Gasteiger partial charge in [-0.15, -0.1) is 4.83 Å². The van der Waals surface area contributed by atoms with Gasteiger partial charge in [-0.1, -0.05) is 18.2 Å². The van der Waals surface area contributed by atoms with Crippen LogP contribution >= 0.6 is 0 Å². The molecule has 2 rings (SSSR count). The van der Waals surface area contributed by atoms with Gasteiger partial charge >= 0.3 is 0 Å². The van der Waals surface area contributed by atoms with E-state index in [4.69, 9.17) is 4.74 Å². The number of carbonyl (C=O) groups excluding carboxylic acids is 1. The molecule has 122 valence electrons. The van der Waals surface area contributed by atoms with Crippen LogP contribution in [0.5, 0.6) is 11.5 Å². The maximum Gasteiger partial charge on any atom is 0.269 e. The van der Waals surface area contributed by atoms with Crippen molar-refractivity contribution in [3.8, 4) is 11.5 Å². The first-order valence-corrected chi connectivity index (χ1v) is 8.08. The molecule has 0 saturated heterocycles. The Balaban J connectivity index is 2.21. The van der Waals surface area contributed by atoms with Crippen LogP contribution in [0.15, 0.2) is 47.4 Å². The number of hydrogen-bond donors (Lipinski definition) is 3. The number of phenols is 1. The third-order valence-electron chi connectivity index (χ3n) is 3.06. The smallest absolute Gasteiger partial charge is 0.269 e. The van der Waals surface area contributed by atoms with Gasteiger partial charge in [0.2, 0.25) is 0 Å². The molecule has 2 aromatic carbocycles. The summed E-state index contributed by atoms with van der Waals surface area (Å²) in [6, 6.07) is 10.4. The molecule has 0 fully saturated rings. The molecule has 2 aromatic rings. The first-order chi connectivity index (χ1) is 10.8. The summed E-state index contributed by atoms with van der Waals surface area (Å²) in [7, 11) is -2.68. The molecule has 0 aliphatic carbocycles. The highest BCUT2D eigenvalue weighted by Gasteiger charge is 2.21. The second-order valence-electron chi connectivity index (χ2n) is 4.73. The van der Waals surface area contributed by atoms with Crippen LogP contribution in [0.2, 0.25) is 0 Å². The summed E-state index contributed by atoms with van der Waals surface area (Å²) < 4.78 is 29.7. The molecular formula is C15H16N2O5S. The van der Waals surface area contributed by atoms with E-state index in [9.17, 15) is 18.3 Å². The second-order valence-corrected chi connectivity index (χ2v) is 6.38. The average Bonchev–Trinajstić information content (AvgIpc) is 2.53. The molecule has 0 radical (unpaired) electrons. The van der Waals surface area contributed by atoms with Crippen molar-refractivity contribution in [2.45, 2.75) is 11.8 Å². The molecule has 0 aromatic heterocycles. The predicted octanol–water partition coefficient (Wildman–Crippen LogP) is 1.33. The highest BCUT2D eigenvalue weighted by molar-refractivity contribution is 7.89. The van der Waals surface area contributed by atoms with Gasteiger partial charge in [0.25, 0.3) is 15.9 Å². The summed E-state index contributed by atoms with van der Waals surface area (Å²) in [6.45, 7) is 1.74. The number of amides is 1. The van der Waals surface area contributed by atoms with Gasteiger partial charge in [0.15, 0.2) is 0 Å². The number of carbonyl (C=O) groups is 1. The Bertz CT molecular complexity index is 834. The number of sulfonamides is 1. The summed E-state index contributed by atoms with van der Waals surface area (Å²) in [5.41, 5.74) is 2.73. The summed E-state index contributed by atoms with van der Waals surface area (Å²) in [5, 5.41) is 9.59. The maximum atomic E-state index is 12.3. The number of methoxy groups -OCH3 is 1. The third kappa shape index (κ3) is 3.79. The number of aromatic hydroxyl groups is 1. The van der Waals surface area contributed by atoms with E-state index in [2.05, 4.69) is 5.43 Å². The number of ether oxygens (including phenoxy) is 1.